The van der Waals surface area contributed by atoms with Crippen LogP contribution in [0.1, 0.15) is 11.1 Å². The summed E-state index contributed by atoms with van der Waals surface area (Å²) in [4.78, 5) is 20.7. The van der Waals surface area contributed by atoms with Crippen LogP contribution in [0.5, 0.6) is 5.75 Å². The predicted molar refractivity (Wildman–Crippen MR) is 60.1 cm³/mol. The highest BCUT2D eigenvalue weighted by Crippen LogP contribution is 2.33. The molecule has 94 valence electrons. The Labute approximate surface area is 101 Å². The Morgan fingerprint density at radius 2 is 2.28 bits per heavy atom. The van der Waals surface area contributed by atoms with Crippen LogP contribution in [0.2, 0.25) is 0 Å². The molecule has 0 saturated heterocycles. The number of non-ortho nitro benzene ring substituents is 1. The van der Waals surface area contributed by atoms with Crippen molar-refractivity contribution in [3.63, 3.8) is 0 Å². The lowest BCUT2D eigenvalue weighted by atomic mass is 10.1. The van der Waals surface area contributed by atoms with Crippen LogP contribution in [0.25, 0.3) is 6.08 Å². The lowest BCUT2D eigenvalue weighted by molar-refractivity contribution is -0.385. The zero-order valence-electron chi connectivity index (χ0n) is 9.16. The normalized spacial score (nSPS) is 14.0. The Morgan fingerprint density at radius 1 is 1.50 bits per heavy atom. The van der Waals surface area contributed by atoms with E-state index in [-0.39, 0.29) is 19.1 Å². The number of carboxylic acid groups (broad SMARTS) is 1. The monoisotopic (exact) mass is 251 g/mol. The maximum absolute atomic E-state index is 10.8. The molecule has 0 unspecified atom stereocenters. The van der Waals surface area contributed by atoms with Crippen molar-refractivity contribution in [3.05, 3.63) is 39.4 Å². The van der Waals surface area contributed by atoms with Gasteiger partial charge < -0.3 is 14.6 Å². The van der Waals surface area contributed by atoms with Crippen LogP contribution in [0.15, 0.2) is 18.2 Å². The Kier molecular flexibility index (Phi) is 3.24. The molecule has 0 fully saturated rings. The largest absolute Gasteiger partial charge is 0.478 e. The summed E-state index contributed by atoms with van der Waals surface area (Å²) in [6.45, 7) is 0.240. The van der Waals surface area contributed by atoms with Crippen LogP contribution in [0.4, 0.5) is 5.69 Å². The lowest BCUT2D eigenvalue weighted by Crippen LogP contribution is -2.12. The highest BCUT2D eigenvalue weighted by molar-refractivity contribution is 5.86. The zero-order valence-corrected chi connectivity index (χ0v) is 9.16. The molecule has 0 aliphatic carbocycles. The Balaban J connectivity index is 2.50. The molecule has 0 bridgehead atoms. The zero-order chi connectivity index (χ0) is 13.1. The highest BCUT2D eigenvalue weighted by atomic mass is 16.7. The van der Waals surface area contributed by atoms with Gasteiger partial charge in [0.2, 0.25) is 0 Å². The molecule has 1 aromatic carbocycles. The minimum absolute atomic E-state index is 0.0404. The SMILES string of the molecule is O=C(O)C=Cc1cc([N+](=O)[O-])cc2c1OCOC2. The second-order valence-electron chi connectivity index (χ2n) is 3.56. The number of fused-ring (bicyclic) bond motifs is 1. The number of carboxylic acids is 1. The first-order valence-electron chi connectivity index (χ1n) is 5.01. The maximum Gasteiger partial charge on any atom is 0.328 e. The van der Waals surface area contributed by atoms with Crippen LogP contribution < -0.4 is 4.74 Å². The molecule has 7 nitrogen and oxygen atoms in total. The third kappa shape index (κ3) is 2.46. The van der Waals surface area contributed by atoms with Crippen molar-refractivity contribution in [3.8, 4) is 5.75 Å². The van der Waals surface area contributed by atoms with E-state index in [0.29, 0.717) is 16.9 Å². The molecule has 0 amide bonds. The van der Waals surface area contributed by atoms with Crippen LogP contribution in [-0.2, 0) is 16.1 Å². The Morgan fingerprint density at radius 3 is 2.94 bits per heavy atom. The van der Waals surface area contributed by atoms with E-state index in [0.717, 1.165) is 6.08 Å². The van der Waals surface area contributed by atoms with Gasteiger partial charge in [0, 0.05) is 29.3 Å². The number of nitro benzene ring substituents is 1. The fourth-order valence-electron chi connectivity index (χ4n) is 1.62. The van der Waals surface area contributed by atoms with Gasteiger partial charge in [-0.1, -0.05) is 0 Å². The molecule has 0 saturated carbocycles. The quantitative estimate of drug-likeness (QED) is 0.497. The highest BCUT2D eigenvalue weighted by Gasteiger charge is 2.19. The minimum atomic E-state index is -1.14. The van der Waals surface area contributed by atoms with Gasteiger partial charge in [0.1, 0.15) is 5.75 Å². The summed E-state index contributed by atoms with van der Waals surface area (Å²) >= 11 is 0. The number of benzene rings is 1. The van der Waals surface area contributed by atoms with Crippen molar-refractivity contribution in [2.45, 2.75) is 6.61 Å². The smallest absolute Gasteiger partial charge is 0.328 e. The second-order valence-corrected chi connectivity index (χ2v) is 3.56. The van der Waals surface area contributed by atoms with E-state index in [1.807, 2.05) is 0 Å². The summed E-state index contributed by atoms with van der Waals surface area (Å²) in [6, 6.07) is 2.62. The minimum Gasteiger partial charge on any atom is -0.478 e. The summed E-state index contributed by atoms with van der Waals surface area (Å²) < 4.78 is 10.3. The van der Waals surface area contributed by atoms with E-state index in [1.54, 1.807) is 0 Å². The first kappa shape index (κ1) is 12.1. The van der Waals surface area contributed by atoms with Crippen LogP contribution >= 0.6 is 0 Å². The van der Waals surface area contributed by atoms with E-state index in [1.165, 1.54) is 18.2 Å². The molecule has 18 heavy (non-hydrogen) atoms. The molecule has 1 heterocycles. The second kappa shape index (κ2) is 4.84. The Hall–Kier alpha value is -2.41. The van der Waals surface area contributed by atoms with Gasteiger partial charge in [0.15, 0.2) is 6.79 Å². The number of ether oxygens (including phenoxy) is 2. The van der Waals surface area contributed by atoms with Gasteiger partial charge in [-0.05, 0) is 6.08 Å². The summed E-state index contributed by atoms with van der Waals surface area (Å²) in [5, 5.41) is 19.3. The molecule has 0 spiro atoms. The molecule has 1 aliphatic rings. The Bertz CT molecular complexity index is 537. The third-order valence-corrected chi connectivity index (χ3v) is 2.34. The number of nitrogens with zero attached hydrogens (tertiary/aromatic N) is 1. The molecular formula is C11H9NO6. The summed E-state index contributed by atoms with van der Waals surface area (Å²) in [7, 11) is 0. The number of hydrogen-bond acceptors (Lipinski definition) is 5. The average molecular weight is 251 g/mol. The predicted octanol–water partition coefficient (Wildman–Crippen LogP) is 1.56. The van der Waals surface area contributed by atoms with E-state index in [2.05, 4.69) is 0 Å². The number of hydrogen-bond donors (Lipinski definition) is 1. The number of rotatable bonds is 3. The first-order chi connectivity index (χ1) is 8.58. The van der Waals surface area contributed by atoms with E-state index < -0.39 is 10.9 Å². The van der Waals surface area contributed by atoms with Gasteiger partial charge in [-0.15, -0.1) is 0 Å². The van der Waals surface area contributed by atoms with Crippen molar-refractivity contribution in [1.82, 2.24) is 0 Å². The van der Waals surface area contributed by atoms with Crippen molar-refractivity contribution < 1.29 is 24.3 Å². The van der Waals surface area contributed by atoms with Crippen LogP contribution in [-0.4, -0.2) is 22.8 Å². The van der Waals surface area contributed by atoms with Crippen LogP contribution in [0.3, 0.4) is 0 Å². The van der Waals surface area contributed by atoms with Gasteiger partial charge in [-0.25, -0.2) is 4.79 Å². The average Bonchev–Trinajstić information content (AvgIpc) is 2.35. The first-order valence-corrected chi connectivity index (χ1v) is 5.01. The van der Waals surface area contributed by atoms with Gasteiger partial charge in [0.05, 0.1) is 11.5 Å². The molecule has 2 rings (SSSR count). The van der Waals surface area contributed by atoms with Gasteiger partial charge in [-0.3, -0.25) is 10.1 Å². The number of nitro groups is 1. The van der Waals surface area contributed by atoms with Crippen molar-refractivity contribution in [2.75, 3.05) is 6.79 Å². The van der Waals surface area contributed by atoms with Gasteiger partial charge in [-0.2, -0.15) is 0 Å². The topological polar surface area (TPSA) is 98.9 Å². The van der Waals surface area contributed by atoms with Gasteiger partial charge in [0.25, 0.3) is 5.69 Å². The summed E-state index contributed by atoms with van der Waals surface area (Å²) in [6.07, 6.45) is 2.16. The fourth-order valence-corrected chi connectivity index (χ4v) is 1.62. The van der Waals surface area contributed by atoms with Crippen molar-refractivity contribution in [2.24, 2.45) is 0 Å². The maximum atomic E-state index is 10.8. The van der Waals surface area contributed by atoms with E-state index in [9.17, 15) is 14.9 Å². The van der Waals surface area contributed by atoms with Crippen molar-refractivity contribution in [1.29, 1.82) is 0 Å². The van der Waals surface area contributed by atoms with Crippen LogP contribution in [0, 0.1) is 10.1 Å². The molecule has 1 aliphatic heterocycles. The molecule has 0 atom stereocenters. The lowest BCUT2D eigenvalue weighted by Gasteiger charge is -2.19. The third-order valence-electron chi connectivity index (χ3n) is 2.34. The fraction of sp³-hybridized carbons (Fsp3) is 0.182. The van der Waals surface area contributed by atoms with E-state index in [4.69, 9.17) is 14.6 Å². The molecular weight excluding hydrogens is 242 g/mol. The molecule has 0 radical (unpaired) electrons. The number of carbonyl (C=O) groups is 1. The van der Waals surface area contributed by atoms with Gasteiger partial charge >= 0.3 is 5.97 Å². The van der Waals surface area contributed by atoms with Crippen molar-refractivity contribution >= 4 is 17.7 Å². The van der Waals surface area contributed by atoms with E-state index >= 15 is 0 Å². The summed E-state index contributed by atoms with van der Waals surface area (Å²) in [5.74, 6) is -0.716. The molecule has 1 N–H and O–H groups in total. The molecule has 7 heteroatoms. The molecule has 0 aromatic heterocycles. The number of aliphatic carboxylic acids is 1. The standard InChI is InChI=1S/C11H9NO6/c13-10(14)2-1-7-3-9(12(15)16)4-8-5-17-6-18-11(7)8/h1-4H,5-6H2,(H,13,14). The molecule has 1 aromatic rings. The summed E-state index contributed by atoms with van der Waals surface area (Å²) in [5.41, 5.74) is 0.748.